The zero-order valence-corrected chi connectivity index (χ0v) is 8.65. The molecule has 0 radical (unpaired) electrons. The van der Waals surface area contributed by atoms with Crippen LogP contribution in [0.15, 0.2) is 5.16 Å². The predicted octanol–water partition coefficient (Wildman–Crippen LogP) is 0.234. The number of hydrogen-bond donors (Lipinski definition) is 2. The van der Waals surface area contributed by atoms with E-state index in [1.54, 1.807) is 7.11 Å². The molecule has 0 aliphatic carbocycles. The third-order valence-electron chi connectivity index (χ3n) is 2.61. The summed E-state index contributed by atoms with van der Waals surface area (Å²) in [5.74, 6) is 0.296. The predicted molar refractivity (Wildman–Crippen MR) is 54.5 cm³/mol. The molecule has 0 aromatic carbocycles. The normalized spacial score (nSPS) is 25.2. The van der Waals surface area contributed by atoms with Crippen LogP contribution in [0.3, 0.4) is 0 Å². The van der Waals surface area contributed by atoms with Gasteiger partial charge in [0.2, 0.25) is 0 Å². The van der Waals surface area contributed by atoms with Gasteiger partial charge in [-0.2, -0.15) is 0 Å². The summed E-state index contributed by atoms with van der Waals surface area (Å²) in [5, 5.41) is 11.3. The van der Waals surface area contributed by atoms with Crippen molar-refractivity contribution in [1.29, 1.82) is 0 Å². The maximum absolute atomic E-state index is 8.38. The van der Waals surface area contributed by atoms with Crippen molar-refractivity contribution in [2.24, 2.45) is 10.9 Å². The SMILES string of the molecule is COC1CCCN(CCC(N)=NO)C1. The second-order valence-electron chi connectivity index (χ2n) is 3.64. The molecule has 1 rings (SSSR count). The molecule has 5 nitrogen and oxygen atoms in total. The van der Waals surface area contributed by atoms with E-state index in [4.69, 9.17) is 15.7 Å². The third-order valence-corrected chi connectivity index (χ3v) is 2.61. The number of oxime groups is 1. The summed E-state index contributed by atoms with van der Waals surface area (Å²) in [6.45, 7) is 2.88. The minimum atomic E-state index is 0.296. The molecule has 0 spiro atoms. The summed E-state index contributed by atoms with van der Waals surface area (Å²) < 4.78 is 5.30. The van der Waals surface area contributed by atoms with E-state index in [0.29, 0.717) is 18.4 Å². The number of hydrogen-bond acceptors (Lipinski definition) is 4. The van der Waals surface area contributed by atoms with E-state index in [9.17, 15) is 0 Å². The number of nitrogens with zero attached hydrogens (tertiary/aromatic N) is 2. The van der Waals surface area contributed by atoms with Crippen molar-refractivity contribution in [3.63, 3.8) is 0 Å². The van der Waals surface area contributed by atoms with Crippen molar-refractivity contribution in [3.8, 4) is 0 Å². The first kappa shape index (κ1) is 11.3. The van der Waals surface area contributed by atoms with Gasteiger partial charge in [-0.3, -0.25) is 0 Å². The fourth-order valence-corrected chi connectivity index (χ4v) is 1.73. The Morgan fingerprint density at radius 1 is 1.71 bits per heavy atom. The van der Waals surface area contributed by atoms with Crippen molar-refractivity contribution in [3.05, 3.63) is 0 Å². The molecule has 1 aliphatic rings. The van der Waals surface area contributed by atoms with Gasteiger partial charge in [-0.1, -0.05) is 5.16 Å². The third kappa shape index (κ3) is 3.51. The largest absolute Gasteiger partial charge is 0.409 e. The van der Waals surface area contributed by atoms with Crippen LogP contribution >= 0.6 is 0 Å². The summed E-state index contributed by atoms with van der Waals surface area (Å²) in [6, 6.07) is 0. The quantitative estimate of drug-likeness (QED) is 0.296. The van der Waals surface area contributed by atoms with E-state index in [1.807, 2.05) is 0 Å². The Morgan fingerprint density at radius 3 is 3.14 bits per heavy atom. The highest BCUT2D eigenvalue weighted by atomic mass is 16.5. The molecule has 0 saturated carbocycles. The first-order chi connectivity index (χ1) is 6.76. The number of nitrogens with two attached hydrogens (primary N) is 1. The molecule has 82 valence electrons. The molecule has 0 amide bonds. The summed E-state index contributed by atoms with van der Waals surface area (Å²) >= 11 is 0. The van der Waals surface area contributed by atoms with Gasteiger partial charge in [0.25, 0.3) is 0 Å². The van der Waals surface area contributed by atoms with Crippen LogP contribution in [0.5, 0.6) is 0 Å². The Labute approximate surface area is 84.5 Å². The van der Waals surface area contributed by atoms with Crippen molar-refractivity contribution in [2.45, 2.75) is 25.4 Å². The first-order valence-corrected chi connectivity index (χ1v) is 4.97. The summed E-state index contributed by atoms with van der Waals surface area (Å²) in [5.41, 5.74) is 5.40. The van der Waals surface area contributed by atoms with E-state index < -0.39 is 0 Å². The number of amidine groups is 1. The number of likely N-dealkylation sites (tertiary alicyclic amines) is 1. The standard InChI is InChI=1S/C9H19N3O2/c1-14-8-3-2-5-12(7-8)6-4-9(10)11-13/h8,13H,2-7H2,1H3,(H2,10,11). The number of ether oxygens (including phenoxy) is 1. The second-order valence-corrected chi connectivity index (χ2v) is 3.64. The van der Waals surface area contributed by atoms with E-state index in [2.05, 4.69) is 10.1 Å². The maximum atomic E-state index is 8.38. The first-order valence-electron chi connectivity index (χ1n) is 4.97. The molecule has 0 bridgehead atoms. The van der Waals surface area contributed by atoms with Crippen LogP contribution in [0.1, 0.15) is 19.3 Å². The molecular formula is C9H19N3O2. The molecule has 5 heteroatoms. The Morgan fingerprint density at radius 2 is 2.50 bits per heavy atom. The number of rotatable bonds is 4. The monoisotopic (exact) mass is 201 g/mol. The van der Waals surface area contributed by atoms with Crippen molar-refractivity contribution in [2.75, 3.05) is 26.7 Å². The lowest BCUT2D eigenvalue weighted by molar-refractivity contribution is 0.0324. The topological polar surface area (TPSA) is 71.1 Å². The minimum Gasteiger partial charge on any atom is -0.409 e. The van der Waals surface area contributed by atoms with E-state index in [1.165, 1.54) is 0 Å². The summed E-state index contributed by atoms with van der Waals surface area (Å²) in [4.78, 5) is 2.29. The molecular weight excluding hydrogens is 182 g/mol. The lowest BCUT2D eigenvalue weighted by Crippen LogP contribution is -2.40. The van der Waals surface area contributed by atoms with Gasteiger partial charge >= 0.3 is 0 Å². The molecule has 1 fully saturated rings. The van der Waals surface area contributed by atoms with Gasteiger partial charge < -0.3 is 20.6 Å². The van der Waals surface area contributed by atoms with Gasteiger partial charge in [0.15, 0.2) is 0 Å². The van der Waals surface area contributed by atoms with Gasteiger partial charge in [0.1, 0.15) is 5.84 Å². The fraction of sp³-hybridized carbons (Fsp3) is 0.889. The minimum absolute atomic E-state index is 0.296. The molecule has 1 unspecified atom stereocenters. The number of piperidine rings is 1. The molecule has 1 saturated heterocycles. The van der Waals surface area contributed by atoms with E-state index >= 15 is 0 Å². The van der Waals surface area contributed by atoms with Crippen LogP contribution in [0.25, 0.3) is 0 Å². The van der Waals surface area contributed by atoms with Gasteiger partial charge in [-0.15, -0.1) is 0 Å². The highest BCUT2D eigenvalue weighted by Gasteiger charge is 2.18. The smallest absolute Gasteiger partial charge is 0.140 e. The Balaban J connectivity index is 2.24. The van der Waals surface area contributed by atoms with Crippen LogP contribution in [0.4, 0.5) is 0 Å². The second kappa shape index (κ2) is 5.82. The Hall–Kier alpha value is -0.810. The van der Waals surface area contributed by atoms with E-state index in [0.717, 1.165) is 32.5 Å². The number of methoxy groups -OCH3 is 1. The zero-order chi connectivity index (χ0) is 10.4. The molecule has 3 N–H and O–H groups in total. The summed E-state index contributed by atoms with van der Waals surface area (Å²) in [7, 11) is 1.75. The van der Waals surface area contributed by atoms with Gasteiger partial charge in [-0.25, -0.2) is 0 Å². The van der Waals surface area contributed by atoms with Gasteiger partial charge in [0, 0.05) is 26.6 Å². The Kier molecular flexibility index (Phi) is 4.69. The fourth-order valence-electron chi connectivity index (χ4n) is 1.73. The van der Waals surface area contributed by atoms with Crippen molar-refractivity contribution >= 4 is 5.84 Å². The van der Waals surface area contributed by atoms with Crippen LogP contribution < -0.4 is 5.73 Å². The zero-order valence-electron chi connectivity index (χ0n) is 8.65. The van der Waals surface area contributed by atoms with Crippen LogP contribution in [0, 0.1) is 0 Å². The molecule has 1 heterocycles. The maximum Gasteiger partial charge on any atom is 0.140 e. The van der Waals surface area contributed by atoms with E-state index in [-0.39, 0.29) is 0 Å². The van der Waals surface area contributed by atoms with Crippen LogP contribution in [0.2, 0.25) is 0 Å². The molecule has 14 heavy (non-hydrogen) atoms. The highest BCUT2D eigenvalue weighted by Crippen LogP contribution is 2.12. The molecule has 0 aromatic rings. The summed E-state index contributed by atoms with van der Waals surface area (Å²) in [6.07, 6.45) is 3.26. The van der Waals surface area contributed by atoms with Gasteiger partial charge in [-0.05, 0) is 19.4 Å². The van der Waals surface area contributed by atoms with Crippen LogP contribution in [-0.2, 0) is 4.74 Å². The lowest BCUT2D eigenvalue weighted by Gasteiger charge is -2.31. The average molecular weight is 201 g/mol. The van der Waals surface area contributed by atoms with Crippen LogP contribution in [-0.4, -0.2) is 48.8 Å². The Bertz CT molecular complexity index is 196. The molecule has 0 aromatic heterocycles. The van der Waals surface area contributed by atoms with Crippen molar-refractivity contribution < 1.29 is 9.94 Å². The van der Waals surface area contributed by atoms with Gasteiger partial charge in [0.05, 0.1) is 6.10 Å². The highest BCUT2D eigenvalue weighted by molar-refractivity contribution is 5.79. The van der Waals surface area contributed by atoms with Crippen molar-refractivity contribution in [1.82, 2.24) is 4.90 Å². The molecule has 1 aliphatic heterocycles. The average Bonchev–Trinajstić information content (AvgIpc) is 2.26. The lowest BCUT2D eigenvalue weighted by atomic mass is 10.1. The molecule has 1 atom stereocenters.